The van der Waals surface area contributed by atoms with Crippen LogP contribution in [0.1, 0.15) is 65.7 Å². The summed E-state index contributed by atoms with van der Waals surface area (Å²) < 4.78 is 57.6. The van der Waals surface area contributed by atoms with Crippen LogP contribution in [0.2, 0.25) is 0 Å². The molecule has 3 aromatic carbocycles. The van der Waals surface area contributed by atoms with Crippen molar-refractivity contribution in [3.8, 4) is 0 Å². The Morgan fingerprint density at radius 2 is 1.08 bits per heavy atom. The second kappa shape index (κ2) is 34.1. The molecule has 340 valence electrons. The first-order chi connectivity index (χ1) is 31.5. The molecule has 0 spiro atoms. The first kappa shape index (κ1) is 54.4. The lowest BCUT2D eigenvalue weighted by Gasteiger charge is -2.20. The monoisotopic (exact) mass is 906 g/mol. The van der Waals surface area contributed by atoms with Crippen LogP contribution in [-0.2, 0) is 62.4 Å². The third-order valence-corrected chi connectivity index (χ3v) is 8.07. The maximum absolute atomic E-state index is 13.2. The Balaban J connectivity index is 0.000000400. The lowest BCUT2D eigenvalue weighted by molar-refractivity contribution is -0.193. The SMILES string of the molecule is CC(c1ccccc1)c1ncn[nH]1.Fc1cccc(Cc2ncn[nH]2)c1F.Fc1cccc(F)c1Cc1ncn[nH]1.O=C=O.O=C=O.O=C=O.O=C=O.c1n[nH]c(CC2CCCOC2)n1. The largest absolute Gasteiger partial charge is 0.381 e. The number of hydrogen-bond donors (Lipinski definition) is 4. The number of halogens is 4. The van der Waals surface area contributed by atoms with Crippen molar-refractivity contribution in [3.05, 3.63) is 155 Å². The van der Waals surface area contributed by atoms with Crippen molar-refractivity contribution in [2.45, 2.75) is 44.9 Å². The summed E-state index contributed by atoms with van der Waals surface area (Å²) in [4.78, 5) is 80.8. The molecule has 7 aromatic rings. The quantitative estimate of drug-likeness (QED) is 0.158. The van der Waals surface area contributed by atoms with Crippen LogP contribution in [0.5, 0.6) is 0 Å². The zero-order chi connectivity index (χ0) is 48.1. The molecule has 1 aliphatic rings. The van der Waals surface area contributed by atoms with E-state index in [1.54, 1.807) is 6.33 Å². The van der Waals surface area contributed by atoms with E-state index in [0.29, 0.717) is 17.6 Å². The van der Waals surface area contributed by atoms with Crippen molar-refractivity contribution in [1.29, 1.82) is 0 Å². The molecule has 65 heavy (non-hydrogen) atoms. The summed E-state index contributed by atoms with van der Waals surface area (Å²) in [6, 6.07) is 18.1. The highest BCUT2D eigenvalue weighted by Gasteiger charge is 2.15. The summed E-state index contributed by atoms with van der Waals surface area (Å²) in [6.07, 6.45) is 10.4. The number of aromatic amines is 4. The van der Waals surface area contributed by atoms with Crippen LogP contribution in [0.4, 0.5) is 17.6 Å². The topological polar surface area (TPSA) is 312 Å². The second-order valence-electron chi connectivity index (χ2n) is 12.2. The predicted molar refractivity (Wildman–Crippen MR) is 205 cm³/mol. The molecule has 1 fully saturated rings. The van der Waals surface area contributed by atoms with Crippen LogP contribution in [0.3, 0.4) is 0 Å². The minimum absolute atomic E-state index is 0.00394. The van der Waals surface area contributed by atoms with Crippen LogP contribution in [0.25, 0.3) is 0 Å². The van der Waals surface area contributed by atoms with E-state index in [0.717, 1.165) is 37.3 Å². The molecule has 25 heteroatoms. The Morgan fingerprint density at radius 3 is 1.55 bits per heavy atom. The molecule has 5 heterocycles. The molecule has 1 saturated heterocycles. The summed E-state index contributed by atoms with van der Waals surface area (Å²) in [6.45, 7) is 3.91. The highest BCUT2D eigenvalue weighted by molar-refractivity contribution is 5.25. The Morgan fingerprint density at radius 1 is 0.600 bits per heavy atom. The fraction of sp³-hybridized carbons (Fsp3) is 0.250. The molecule has 2 unspecified atom stereocenters. The van der Waals surface area contributed by atoms with Gasteiger partial charge in [0, 0.05) is 44.0 Å². The average Bonchev–Trinajstić information content (AvgIpc) is 4.17. The van der Waals surface area contributed by atoms with E-state index >= 15 is 0 Å². The minimum atomic E-state index is -0.845. The molecule has 4 aromatic heterocycles. The van der Waals surface area contributed by atoms with Gasteiger partial charge in [-0.25, -0.2) is 37.5 Å². The number of carbonyl (C=O) groups excluding carboxylic acids is 8. The predicted octanol–water partition coefficient (Wildman–Crippen LogP) is 3.74. The summed E-state index contributed by atoms with van der Waals surface area (Å²) in [5.41, 5.74) is 1.52. The van der Waals surface area contributed by atoms with Crippen LogP contribution in [-0.4, -0.2) is 98.5 Å². The van der Waals surface area contributed by atoms with Crippen LogP contribution in [0.15, 0.2) is 92.0 Å². The Labute approximate surface area is 364 Å². The highest BCUT2D eigenvalue weighted by atomic mass is 19.2. The summed E-state index contributed by atoms with van der Waals surface area (Å²) in [7, 11) is 0. The van der Waals surface area contributed by atoms with Gasteiger partial charge >= 0.3 is 24.6 Å². The fourth-order valence-electron chi connectivity index (χ4n) is 5.26. The van der Waals surface area contributed by atoms with E-state index in [4.69, 9.17) is 43.1 Å². The molecule has 0 aliphatic carbocycles. The number of nitrogens with zero attached hydrogens (tertiary/aromatic N) is 8. The third-order valence-electron chi connectivity index (χ3n) is 8.07. The number of benzene rings is 3. The van der Waals surface area contributed by atoms with E-state index in [1.807, 2.05) is 18.2 Å². The molecule has 2 atom stereocenters. The third kappa shape index (κ3) is 22.7. The number of rotatable bonds is 8. The van der Waals surface area contributed by atoms with Crippen molar-refractivity contribution in [3.63, 3.8) is 0 Å². The first-order valence-corrected chi connectivity index (χ1v) is 18.4. The van der Waals surface area contributed by atoms with Gasteiger partial charge in [-0.2, -0.15) is 58.8 Å². The van der Waals surface area contributed by atoms with Gasteiger partial charge < -0.3 is 4.74 Å². The normalized spacial score (nSPS) is 12.0. The maximum Gasteiger partial charge on any atom is 0.373 e. The summed E-state index contributed by atoms with van der Waals surface area (Å²) >= 11 is 0. The second-order valence-corrected chi connectivity index (χ2v) is 12.2. The smallest absolute Gasteiger partial charge is 0.373 e. The maximum atomic E-state index is 13.2. The van der Waals surface area contributed by atoms with E-state index in [1.165, 1.54) is 67.7 Å². The zero-order valence-electron chi connectivity index (χ0n) is 34.0. The number of aromatic nitrogens is 12. The van der Waals surface area contributed by atoms with Gasteiger partial charge in [0.25, 0.3) is 0 Å². The van der Waals surface area contributed by atoms with Crippen molar-refractivity contribution in [1.82, 2.24) is 60.7 Å². The average molecular weight is 907 g/mol. The number of hydrogen-bond acceptors (Lipinski definition) is 17. The summed E-state index contributed by atoms with van der Waals surface area (Å²) in [5, 5.41) is 25.7. The van der Waals surface area contributed by atoms with Crippen LogP contribution >= 0.6 is 0 Å². The molecule has 0 bridgehead atoms. The molecule has 0 radical (unpaired) electrons. The fourth-order valence-corrected chi connectivity index (χ4v) is 5.26. The lowest BCUT2D eigenvalue weighted by atomic mass is 9.98. The van der Waals surface area contributed by atoms with E-state index in [9.17, 15) is 17.6 Å². The Hall–Kier alpha value is -8.58. The van der Waals surface area contributed by atoms with Crippen LogP contribution in [0, 0.1) is 29.2 Å². The molecule has 1 aliphatic heterocycles. The van der Waals surface area contributed by atoms with Gasteiger partial charge in [0.15, 0.2) is 11.6 Å². The first-order valence-electron chi connectivity index (χ1n) is 18.4. The Kier molecular flexibility index (Phi) is 28.5. The van der Waals surface area contributed by atoms with Crippen molar-refractivity contribution < 1.29 is 60.7 Å². The molecule has 4 N–H and O–H groups in total. The van der Waals surface area contributed by atoms with Gasteiger partial charge in [-0.15, -0.1) is 0 Å². The lowest BCUT2D eigenvalue weighted by Crippen LogP contribution is -2.19. The van der Waals surface area contributed by atoms with E-state index < -0.39 is 23.3 Å². The molecule has 0 saturated carbocycles. The molecule has 21 nitrogen and oxygen atoms in total. The zero-order valence-corrected chi connectivity index (χ0v) is 34.0. The highest BCUT2D eigenvalue weighted by Crippen LogP contribution is 2.20. The van der Waals surface area contributed by atoms with Gasteiger partial charge in [-0.3, -0.25) is 20.4 Å². The van der Waals surface area contributed by atoms with Gasteiger partial charge in [0.05, 0.1) is 0 Å². The molecule has 8 rings (SSSR count). The molecular formula is C40H38F4N12O9. The van der Waals surface area contributed by atoms with E-state index in [2.05, 4.69) is 79.8 Å². The van der Waals surface area contributed by atoms with Crippen molar-refractivity contribution in [2.24, 2.45) is 5.92 Å². The van der Waals surface area contributed by atoms with Gasteiger partial charge in [-0.1, -0.05) is 55.5 Å². The number of ether oxygens (including phenoxy) is 1. The van der Waals surface area contributed by atoms with Crippen LogP contribution < -0.4 is 0 Å². The van der Waals surface area contributed by atoms with Gasteiger partial charge in [0.1, 0.15) is 60.2 Å². The van der Waals surface area contributed by atoms with E-state index in [-0.39, 0.29) is 54.5 Å². The van der Waals surface area contributed by atoms with Crippen molar-refractivity contribution >= 4 is 24.6 Å². The standard InChI is InChI=1S/C10H11N3.2C9H7F2N3.C8H13N3O.4CO2/c1-8(10-11-7-12-13-10)9-5-3-2-4-6-9;10-7-2-1-3-8(11)6(7)4-9-12-5-13-14-9;10-7-3-1-2-6(9(7)11)4-8-12-5-13-14-8;1-2-7(5-12-3-1)4-8-9-6-10-11-8;4*2-1-3/h2-8H,1H3,(H,11,12,13);2*1-3,5H,4H2,(H,12,13,14);6-7H,1-5H2,(H,9,10,11);;;;. The summed E-state index contributed by atoms with van der Waals surface area (Å²) in [5.74, 6) is 0.935. The molecular weight excluding hydrogens is 869 g/mol. The minimum Gasteiger partial charge on any atom is -0.381 e. The van der Waals surface area contributed by atoms with Gasteiger partial charge in [0.2, 0.25) is 0 Å². The number of nitrogens with one attached hydrogen (secondary N) is 4. The Bertz CT molecular complexity index is 2350. The molecule has 0 amide bonds. The number of H-pyrrole nitrogens is 4. The van der Waals surface area contributed by atoms with Crippen molar-refractivity contribution in [2.75, 3.05) is 13.2 Å². The van der Waals surface area contributed by atoms with Gasteiger partial charge in [-0.05, 0) is 48.1 Å².